The Morgan fingerprint density at radius 1 is 1.26 bits per heavy atom. The summed E-state index contributed by atoms with van der Waals surface area (Å²) in [6.07, 6.45) is 9.34. The molecule has 1 aliphatic heterocycles. The fourth-order valence-electron chi connectivity index (χ4n) is 4.34. The molecule has 0 saturated carbocycles. The number of H-pyrrole nitrogens is 2. The molecule has 1 fully saturated rings. The van der Waals surface area contributed by atoms with Crippen molar-refractivity contribution in [2.75, 3.05) is 18.0 Å². The standard InChI is InChI=1S/C26H24N8S/c1-3-19-17(9-15(2)22-11-28-12-24(31-22)34-13-16(27)14-34)25(33-32-19)21-10-18-20(30-21)6-7-29-26(18)23-5-4-8-35-23/h3-12,16,30,32H,2,13-14,27H2,1H3/b17-9+,19-3+. The van der Waals surface area contributed by atoms with Crippen molar-refractivity contribution >= 4 is 45.8 Å². The lowest BCUT2D eigenvalue weighted by atomic mass is 10.1. The van der Waals surface area contributed by atoms with Crippen molar-refractivity contribution in [3.8, 4) is 22.0 Å². The molecule has 6 rings (SSSR count). The summed E-state index contributed by atoms with van der Waals surface area (Å²) in [5, 5.41) is 12.8. The van der Waals surface area contributed by atoms with Crippen LogP contribution in [0.2, 0.25) is 0 Å². The van der Waals surface area contributed by atoms with Crippen LogP contribution in [-0.4, -0.2) is 49.3 Å². The minimum Gasteiger partial charge on any atom is -0.353 e. The zero-order valence-corrected chi connectivity index (χ0v) is 20.0. The van der Waals surface area contributed by atoms with Gasteiger partial charge >= 0.3 is 0 Å². The first kappa shape index (κ1) is 21.5. The number of hydrogen-bond donors (Lipinski definition) is 3. The summed E-state index contributed by atoms with van der Waals surface area (Å²) in [5.74, 6) is 0.817. The van der Waals surface area contributed by atoms with Gasteiger partial charge in [-0.25, -0.2) is 4.98 Å². The third kappa shape index (κ3) is 3.84. The number of hydrogen-bond acceptors (Lipinski definition) is 7. The average molecular weight is 481 g/mol. The number of allylic oxidation sites excluding steroid dienone is 1. The Hall–Kier alpha value is -4.08. The van der Waals surface area contributed by atoms with Gasteiger partial charge in [0.1, 0.15) is 11.5 Å². The molecule has 0 amide bonds. The van der Waals surface area contributed by atoms with Crippen LogP contribution in [0.5, 0.6) is 0 Å². The van der Waals surface area contributed by atoms with E-state index in [1.54, 1.807) is 23.7 Å². The Labute approximate surface area is 205 Å². The van der Waals surface area contributed by atoms with Gasteiger partial charge in [-0.05, 0) is 42.2 Å². The smallest absolute Gasteiger partial charge is 0.147 e. The first-order chi connectivity index (χ1) is 17.1. The summed E-state index contributed by atoms with van der Waals surface area (Å²) >= 11 is 1.68. The SMILES string of the molecule is C=C(/C=c1/c(-c2cc3c(-c4cccs4)nccc3[nH]2)n[nH]/c1=C/C)c1cncc(N2CC(N)C2)n1. The number of nitrogens with one attached hydrogen (secondary N) is 2. The molecule has 1 saturated heterocycles. The van der Waals surface area contributed by atoms with Crippen LogP contribution in [0.15, 0.2) is 54.8 Å². The van der Waals surface area contributed by atoms with Crippen LogP contribution >= 0.6 is 11.3 Å². The van der Waals surface area contributed by atoms with E-state index in [0.717, 1.165) is 73.6 Å². The van der Waals surface area contributed by atoms with Gasteiger partial charge in [-0.2, -0.15) is 5.10 Å². The van der Waals surface area contributed by atoms with E-state index in [9.17, 15) is 0 Å². The normalized spacial score (nSPS) is 15.2. The van der Waals surface area contributed by atoms with E-state index < -0.39 is 0 Å². The van der Waals surface area contributed by atoms with E-state index >= 15 is 0 Å². The van der Waals surface area contributed by atoms with Crippen molar-refractivity contribution in [1.82, 2.24) is 30.1 Å². The highest BCUT2D eigenvalue weighted by Crippen LogP contribution is 2.31. The van der Waals surface area contributed by atoms with Gasteiger partial charge in [-0.3, -0.25) is 15.1 Å². The third-order valence-electron chi connectivity index (χ3n) is 6.18. The predicted molar refractivity (Wildman–Crippen MR) is 142 cm³/mol. The molecule has 0 aliphatic carbocycles. The highest BCUT2D eigenvalue weighted by atomic mass is 32.1. The van der Waals surface area contributed by atoms with Crippen LogP contribution in [0.1, 0.15) is 12.6 Å². The Morgan fingerprint density at radius 2 is 2.14 bits per heavy atom. The number of rotatable bonds is 5. The number of aromatic nitrogens is 6. The molecule has 0 unspecified atom stereocenters. The first-order valence-corrected chi connectivity index (χ1v) is 12.2. The van der Waals surface area contributed by atoms with E-state index in [0.29, 0.717) is 0 Å². The molecule has 1 aliphatic rings. The molecule has 0 radical (unpaired) electrons. The van der Waals surface area contributed by atoms with Crippen molar-refractivity contribution in [3.63, 3.8) is 0 Å². The van der Waals surface area contributed by atoms with Crippen LogP contribution in [0.25, 0.3) is 50.6 Å². The number of fused-ring (bicyclic) bond motifs is 1. The monoisotopic (exact) mass is 480 g/mol. The summed E-state index contributed by atoms with van der Waals surface area (Å²) in [5.41, 5.74) is 11.1. The Kier molecular flexibility index (Phi) is 5.28. The zero-order valence-electron chi connectivity index (χ0n) is 19.2. The summed E-state index contributed by atoms with van der Waals surface area (Å²) in [7, 11) is 0. The molecular weight excluding hydrogens is 456 g/mol. The second kappa shape index (κ2) is 8.61. The van der Waals surface area contributed by atoms with E-state index in [1.807, 2.05) is 37.4 Å². The molecule has 9 heteroatoms. The van der Waals surface area contributed by atoms with Gasteiger partial charge in [0.15, 0.2) is 0 Å². The van der Waals surface area contributed by atoms with Crippen LogP contribution in [0.3, 0.4) is 0 Å². The fourth-order valence-corrected chi connectivity index (χ4v) is 5.07. The molecular formula is C26H24N8S. The molecule has 35 heavy (non-hydrogen) atoms. The quantitative estimate of drug-likeness (QED) is 0.357. The average Bonchev–Trinajstić information content (AvgIpc) is 3.61. The molecule has 174 valence electrons. The molecule has 6 heterocycles. The van der Waals surface area contributed by atoms with Crippen LogP contribution < -0.4 is 21.2 Å². The molecule has 0 spiro atoms. The first-order valence-electron chi connectivity index (χ1n) is 11.4. The van der Waals surface area contributed by atoms with Crippen LogP contribution in [0.4, 0.5) is 5.82 Å². The highest BCUT2D eigenvalue weighted by Gasteiger charge is 2.24. The van der Waals surface area contributed by atoms with Crippen LogP contribution in [-0.2, 0) is 0 Å². The molecule has 8 nitrogen and oxygen atoms in total. The summed E-state index contributed by atoms with van der Waals surface area (Å²) < 4.78 is 0. The van der Waals surface area contributed by atoms with Crippen molar-refractivity contribution in [3.05, 3.63) is 71.1 Å². The van der Waals surface area contributed by atoms with E-state index in [-0.39, 0.29) is 6.04 Å². The zero-order chi connectivity index (χ0) is 23.9. The molecule has 0 atom stereocenters. The lowest BCUT2D eigenvalue weighted by Gasteiger charge is -2.37. The maximum atomic E-state index is 5.93. The molecule has 5 aromatic rings. The van der Waals surface area contributed by atoms with Gasteiger partial charge in [-0.1, -0.05) is 18.7 Å². The van der Waals surface area contributed by atoms with Crippen molar-refractivity contribution in [1.29, 1.82) is 0 Å². The number of thiophene rings is 1. The minimum absolute atomic E-state index is 0.193. The molecule has 5 aromatic heterocycles. The van der Waals surface area contributed by atoms with E-state index in [1.165, 1.54) is 0 Å². The maximum absolute atomic E-state index is 5.93. The number of aromatic amines is 2. The Balaban J connectivity index is 1.42. The Morgan fingerprint density at radius 3 is 2.91 bits per heavy atom. The topological polar surface area (TPSA) is 112 Å². The highest BCUT2D eigenvalue weighted by molar-refractivity contribution is 7.13. The Bertz CT molecular complexity index is 1660. The van der Waals surface area contributed by atoms with Gasteiger partial charge in [-0.15, -0.1) is 11.3 Å². The number of pyridine rings is 1. The number of nitrogens with two attached hydrogens (primary N) is 1. The summed E-state index contributed by atoms with van der Waals surface area (Å²) in [6, 6.07) is 8.42. The van der Waals surface area contributed by atoms with Gasteiger partial charge in [0.25, 0.3) is 0 Å². The largest absolute Gasteiger partial charge is 0.353 e. The van der Waals surface area contributed by atoms with Gasteiger partial charge in [0.2, 0.25) is 0 Å². The second-order valence-electron chi connectivity index (χ2n) is 8.57. The molecule has 0 bridgehead atoms. The fraction of sp³-hybridized carbons (Fsp3) is 0.154. The van der Waals surface area contributed by atoms with Crippen molar-refractivity contribution in [2.24, 2.45) is 5.73 Å². The predicted octanol–water partition coefficient (Wildman–Crippen LogP) is 2.91. The number of nitrogens with zero attached hydrogens (tertiary/aromatic N) is 5. The summed E-state index contributed by atoms with van der Waals surface area (Å²) in [6.45, 7) is 7.84. The van der Waals surface area contributed by atoms with Gasteiger partial charge in [0, 0.05) is 41.4 Å². The number of anilines is 1. The lowest BCUT2D eigenvalue weighted by Crippen LogP contribution is -2.56. The lowest BCUT2D eigenvalue weighted by molar-refractivity contribution is 0.513. The van der Waals surface area contributed by atoms with Crippen LogP contribution in [0, 0.1) is 0 Å². The minimum atomic E-state index is 0.193. The van der Waals surface area contributed by atoms with Crippen molar-refractivity contribution in [2.45, 2.75) is 13.0 Å². The third-order valence-corrected chi connectivity index (χ3v) is 7.06. The van der Waals surface area contributed by atoms with Crippen molar-refractivity contribution < 1.29 is 0 Å². The van der Waals surface area contributed by atoms with E-state index in [2.05, 4.69) is 54.1 Å². The maximum Gasteiger partial charge on any atom is 0.147 e. The summed E-state index contributed by atoms with van der Waals surface area (Å²) in [4.78, 5) is 20.5. The van der Waals surface area contributed by atoms with E-state index in [4.69, 9.17) is 10.7 Å². The molecule has 0 aromatic carbocycles. The van der Waals surface area contributed by atoms with Gasteiger partial charge in [0.05, 0.1) is 39.7 Å². The van der Waals surface area contributed by atoms with Gasteiger partial charge < -0.3 is 15.6 Å². The second-order valence-corrected chi connectivity index (χ2v) is 9.51. The molecule has 4 N–H and O–H groups in total.